The Morgan fingerprint density at radius 2 is 2.44 bits per heavy atom. The van der Waals surface area contributed by atoms with Gasteiger partial charge >= 0.3 is 0 Å². The highest BCUT2D eigenvalue weighted by Crippen LogP contribution is 1.84. The van der Waals surface area contributed by atoms with Crippen molar-refractivity contribution >= 4 is 5.91 Å². The fourth-order valence-corrected chi connectivity index (χ4v) is 0.364. The van der Waals surface area contributed by atoms with Crippen LogP contribution in [0.2, 0.25) is 0 Å². The summed E-state index contributed by atoms with van der Waals surface area (Å²) >= 11 is 0. The third-order valence-electron chi connectivity index (χ3n) is 0.757. The average Bonchev–Trinajstić information content (AvgIpc) is 1.85. The Kier molecular flexibility index (Phi) is 4.46. The molecular weight excluding hydrogens is 120 g/mol. The maximum absolute atomic E-state index is 10.4. The number of carbonyl (C=O) groups is 1. The van der Waals surface area contributed by atoms with Crippen molar-refractivity contribution in [2.24, 2.45) is 0 Å². The molecule has 0 rings (SSSR count). The minimum absolute atomic E-state index is 0.0150. The van der Waals surface area contributed by atoms with E-state index in [0.717, 1.165) is 0 Å². The minimum atomic E-state index is -0.341. The minimum Gasteiger partial charge on any atom is -0.396 e. The smallest absolute Gasteiger partial charge is 0.233 e. The fraction of sp³-hybridized carbons (Fsp3) is 0.600. The lowest BCUT2D eigenvalue weighted by molar-refractivity contribution is -0.120. The van der Waals surface area contributed by atoms with Gasteiger partial charge in [0, 0.05) is 13.0 Å². The highest BCUT2D eigenvalue weighted by molar-refractivity contribution is 5.77. The van der Waals surface area contributed by atoms with Crippen LogP contribution in [-0.2, 0) is 4.79 Å². The van der Waals surface area contributed by atoms with Crippen LogP contribution in [0.4, 0.5) is 0 Å². The number of rotatable bonds is 3. The van der Waals surface area contributed by atoms with Gasteiger partial charge in [0.25, 0.3) is 0 Å². The van der Waals surface area contributed by atoms with E-state index in [1.54, 1.807) is 0 Å². The second kappa shape index (κ2) is 5.06. The summed E-state index contributed by atoms with van der Waals surface area (Å²) in [6.07, 6.45) is 2.12. The predicted molar refractivity (Wildman–Crippen MR) is 30.1 cm³/mol. The Morgan fingerprint density at radius 3 is 2.89 bits per heavy atom. The quantitative estimate of drug-likeness (QED) is 0.392. The molecule has 0 aromatic heterocycles. The van der Waals surface area contributed by atoms with Gasteiger partial charge in [0.05, 0.1) is 0 Å². The van der Waals surface area contributed by atoms with Gasteiger partial charge in [-0.1, -0.05) is 0 Å². The van der Waals surface area contributed by atoms with E-state index >= 15 is 0 Å². The molecule has 0 saturated heterocycles. The van der Waals surface area contributed by atoms with Crippen LogP contribution < -0.4 is 5.32 Å². The lowest BCUT2D eigenvalue weighted by Crippen LogP contribution is -2.16. The number of amides is 1. The molecule has 0 fully saturated rings. The molecule has 0 saturated carbocycles. The van der Waals surface area contributed by atoms with E-state index in [9.17, 15) is 4.79 Å². The summed E-state index contributed by atoms with van der Waals surface area (Å²) in [5, 5.41) is 18.0. The first kappa shape index (κ1) is 7.92. The number of aliphatic hydroxyl groups is 1. The second-order valence-electron chi connectivity index (χ2n) is 1.49. The van der Waals surface area contributed by atoms with Crippen LogP contribution in [0, 0.1) is 11.5 Å². The van der Waals surface area contributed by atoms with Crippen molar-refractivity contribution in [3.05, 3.63) is 0 Å². The van der Waals surface area contributed by atoms with Gasteiger partial charge in [-0.3, -0.25) is 10.1 Å². The van der Waals surface area contributed by atoms with Crippen LogP contribution in [0.15, 0.2) is 0 Å². The summed E-state index contributed by atoms with van der Waals surface area (Å²) in [5.41, 5.74) is 0. The molecule has 4 heteroatoms. The van der Waals surface area contributed by atoms with Crippen LogP contribution in [-0.4, -0.2) is 17.6 Å². The lowest BCUT2D eigenvalue weighted by atomic mass is 10.3. The molecule has 1 amide bonds. The molecule has 0 aliphatic carbocycles. The molecule has 0 spiro atoms. The topological polar surface area (TPSA) is 73.1 Å². The van der Waals surface area contributed by atoms with Crippen LogP contribution in [0.3, 0.4) is 0 Å². The second-order valence-corrected chi connectivity index (χ2v) is 1.49. The molecule has 0 aliphatic rings. The molecule has 0 aliphatic heterocycles. The highest BCUT2D eigenvalue weighted by atomic mass is 16.3. The number of nitrogens with zero attached hydrogens (tertiary/aromatic N) is 1. The third kappa shape index (κ3) is 4.78. The normalized spacial score (nSPS) is 8.00. The standard InChI is InChI=1S/C5H8N2O2/c6-4-7-5(9)2-1-3-8/h8H,1-3H2,(H,7,9). The van der Waals surface area contributed by atoms with Gasteiger partial charge in [-0.2, -0.15) is 5.26 Å². The van der Waals surface area contributed by atoms with Crippen LogP contribution in [0.5, 0.6) is 0 Å². The van der Waals surface area contributed by atoms with E-state index in [1.165, 1.54) is 6.19 Å². The molecule has 0 unspecified atom stereocenters. The van der Waals surface area contributed by atoms with Crippen LogP contribution in [0.1, 0.15) is 12.8 Å². The van der Waals surface area contributed by atoms with Gasteiger partial charge in [0.15, 0.2) is 6.19 Å². The van der Waals surface area contributed by atoms with Crippen LogP contribution in [0.25, 0.3) is 0 Å². The number of hydrogen-bond acceptors (Lipinski definition) is 3. The number of nitriles is 1. The van der Waals surface area contributed by atoms with E-state index < -0.39 is 0 Å². The number of hydrogen-bond donors (Lipinski definition) is 2. The Morgan fingerprint density at radius 1 is 1.78 bits per heavy atom. The number of carbonyl (C=O) groups excluding carboxylic acids is 1. The van der Waals surface area contributed by atoms with Gasteiger partial charge < -0.3 is 5.11 Å². The average molecular weight is 128 g/mol. The zero-order valence-corrected chi connectivity index (χ0v) is 4.92. The van der Waals surface area contributed by atoms with Crippen LogP contribution >= 0.6 is 0 Å². The number of aliphatic hydroxyl groups excluding tert-OH is 1. The zero-order valence-electron chi connectivity index (χ0n) is 4.92. The van der Waals surface area contributed by atoms with Gasteiger partial charge in [-0.25, -0.2) is 0 Å². The predicted octanol–water partition coefficient (Wildman–Crippen LogP) is -0.644. The SMILES string of the molecule is N#CNC(=O)CCCO. The monoisotopic (exact) mass is 128 g/mol. The van der Waals surface area contributed by atoms with Gasteiger partial charge in [0.1, 0.15) is 0 Å². The summed E-state index contributed by atoms with van der Waals surface area (Å²) < 4.78 is 0. The van der Waals surface area contributed by atoms with E-state index in [1.807, 2.05) is 5.32 Å². The van der Waals surface area contributed by atoms with Gasteiger partial charge in [-0.05, 0) is 6.42 Å². The largest absolute Gasteiger partial charge is 0.396 e. The third-order valence-corrected chi connectivity index (χ3v) is 0.757. The summed E-state index contributed by atoms with van der Waals surface area (Å²) in [4.78, 5) is 10.4. The van der Waals surface area contributed by atoms with Crippen molar-refractivity contribution in [2.45, 2.75) is 12.8 Å². The molecule has 0 heterocycles. The molecule has 0 atom stereocenters. The first-order valence-corrected chi connectivity index (χ1v) is 2.60. The molecular formula is C5H8N2O2. The van der Waals surface area contributed by atoms with Crippen molar-refractivity contribution in [1.29, 1.82) is 5.26 Å². The number of nitrogens with one attached hydrogen (secondary N) is 1. The summed E-state index contributed by atoms with van der Waals surface area (Å²) in [7, 11) is 0. The zero-order chi connectivity index (χ0) is 7.11. The maximum Gasteiger partial charge on any atom is 0.233 e. The fourth-order valence-electron chi connectivity index (χ4n) is 0.364. The summed E-state index contributed by atoms with van der Waals surface area (Å²) in [6.45, 7) is -0.0150. The molecule has 0 aromatic carbocycles. The molecule has 0 bridgehead atoms. The Hall–Kier alpha value is -1.08. The molecule has 4 nitrogen and oxygen atoms in total. The highest BCUT2D eigenvalue weighted by Gasteiger charge is 1.96. The Bertz CT molecular complexity index is 127. The van der Waals surface area contributed by atoms with Gasteiger partial charge in [-0.15, -0.1) is 0 Å². The molecule has 50 valence electrons. The van der Waals surface area contributed by atoms with Crippen molar-refractivity contribution in [3.63, 3.8) is 0 Å². The van der Waals surface area contributed by atoms with E-state index in [-0.39, 0.29) is 18.9 Å². The summed E-state index contributed by atoms with van der Waals surface area (Å²) in [5.74, 6) is -0.341. The molecule has 9 heavy (non-hydrogen) atoms. The molecule has 0 radical (unpaired) electrons. The van der Waals surface area contributed by atoms with E-state index in [2.05, 4.69) is 0 Å². The molecule has 2 N–H and O–H groups in total. The van der Waals surface area contributed by atoms with E-state index in [0.29, 0.717) is 6.42 Å². The Balaban J connectivity index is 3.19. The van der Waals surface area contributed by atoms with Crippen molar-refractivity contribution in [2.75, 3.05) is 6.61 Å². The first-order valence-electron chi connectivity index (χ1n) is 2.60. The Labute approximate surface area is 53.1 Å². The van der Waals surface area contributed by atoms with Crippen molar-refractivity contribution in [3.8, 4) is 6.19 Å². The lowest BCUT2D eigenvalue weighted by Gasteiger charge is -1.91. The summed E-state index contributed by atoms with van der Waals surface area (Å²) in [6, 6.07) is 0. The first-order chi connectivity index (χ1) is 4.31. The van der Waals surface area contributed by atoms with Crippen molar-refractivity contribution in [1.82, 2.24) is 5.32 Å². The molecule has 0 aromatic rings. The van der Waals surface area contributed by atoms with Crippen molar-refractivity contribution < 1.29 is 9.90 Å². The maximum atomic E-state index is 10.4. The van der Waals surface area contributed by atoms with Gasteiger partial charge in [0.2, 0.25) is 5.91 Å². The van der Waals surface area contributed by atoms with E-state index in [4.69, 9.17) is 10.4 Å².